The Balaban J connectivity index is 2.13. The van der Waals surface area contributed by atoms with Crippen LogP contribution in [0.4, 0.5) is 0 Å². The van der Waals surface area contributed by atoms with Gasteiger partial charge in [0.1, 0.15) is 13.2 Å². The zero-order chi connectivity index (χ0) is 14.0. The van der Waals surface area contributed by atoms with Crippen LogP contribution in [0.1, 0.15) is 37.1 Å². The number of hydrogen-bond acceptors (Lipinski definition) is 8. The lowest BCUT2D eigenvalue weighted by molar-refractivity contribution is 0.146. The van der Waals surface area contributed by atoms with Crippen molar-refractivity contribution in [2.45, 2.75) is 31.5 Å². The molecule has 2 heterocycles. The summed E-state index contributed by atoms with van der Waals surface area (Å²) in [6.45, 7) is 2.28. The van der Waals surface area contributed by atoms with Crippen molar-refractivity contribution in [1.82, 2.24) is 15.0 Å². The maximum atomic E-state index is 9.41. The van der Waals surface area contributed by atoms with Crippen LogP contribution in [0.5, 0.6) is 0 Å². The van der Waals surface area contributed by atoms with Gasteiger partial charge in [-0.15, -0.1) is 0 Å². The van der Waals surface area contributed by atoms with Crippen molar-refractivity contribution in [1.29, 1.82) is 0 Å². The van der Waals surface area contributed by atoms with Gasteiger partial charge in [0.2, 0.25) is 5.89 Å². The van der Waals surface area contributed by atoms with Crippen LogP contribution >= 0.6 is 0 Å². The third-order valence-corrected chi connectivity index (χ3v) is 3.17. The summed E-state index contributed by atoms with van der Waals surface area (Å²) in [5.41, 5.74) is 6.69. The first kappa shape index (κ1) is 13.9. The Labute approximate surface area is 111 Å². The Morgan fingerprint density at radius 3 is 3.00 bits per heavy atom. The van der Waals surface area contributed by atoms with Gasteiger partial charge in [-0.1, -0.05) is 10.3 Å². The average molecular weight is 269 g/mol. The maximum absolute atomic E-state index is 9.41. The molecule has 19 heavy (non-hydrogen) atoms. The zero-order valence-corrected chi connectivity index (χ0v) is 11.3. The minimum absolute atomic E-state index is 0.00685. The van der Waals surface area contributed by atoms with Crippen molar-refractivity contribution in [2.75, 3.05) is 20.7 Å². The number of oxime groups is 1. The number of aromatic nitrogens is 2. The highest BCUT2D eigenvalue weighted by Crippen LogP contribution is 2.28. The van der Waals surface area contributed by atoms with Gasteiger partial charge < -0.3 is 20.2 Å². The molecule has 0 saturated carbocycles. The molecule has 1 aromatic rings. The molecule has 0 amide bonds. The minimum Gasteiger partial charge on any atom is -0.399 e. The smallest absolute Gasteiger partial charge is 0.246 e. The molecule has 8 heteroatoms. The summed E-state index contributed by atoms with van der Waals surface area (Å²) in [7, 11) is 3.47. The lowest BCUT2D eigenvalue weighted by Gasteiger charge is -2.14. The number of hydrogen-bond donors (Lipinski definition) is 2. The van der Waals surface area contributed by atoms with Crippen LogP contribution in [0.15, 0.2) is 9.68 Å². The van der Waals surface area contributed by atoms with E-state index in [1.54, 1.807) is 6.92 Å². The molecule has 1 saturated heterocycles. The summed E-state index contributed by atoms with van der Waals surface area (Å²) in [5, 5.41) is 17.3. The van der Waals surface area contributed by atoms with E-state index >= 15 is 0 Å². The monoisotopic (exact) mass is 269 g/mol. The quantitative estimate of drug-likeness (QED) is 0.730. The third kappa shape index (κ3) is 2.91. The number of rotatable bonds is 4. The highest BCUT2D eigenvalue weighted by molar-refractivity contribution is 5.88. The predicted octanol–water partition coefficient (Wildman–Crippen LogP) is -0.171. The molecule has 0 radical (unpaired) electrons. The van der Waals surface area contributed by atoms with E-state index in [-0.39, 0.29) is 11.9 Å². The minimum atomic E-state index is -0.736. The highest BCUT2D eigenvalue weighted by Gasteiger charge is 2.32. The van der Waals surface area contributed by atoms with Gasteiger partial charge in [-0.05, 0) is 14.0 Å². The number of aliphatic hydroxyl groups is 1. The van der Waals surface area contributed by atoms with Gasteiger partial charge in [-0.3, -0.25) is 4.90 Å². The molecule has 0 aliphatic carbocycles. The normalized spacial score (nSPS) is 25.7. The van der Waals surface area contributed by atoms with E-state index in [1.165, 1.54) is 7.11 Å². The Morgan fingerprint density at radius 1 is 1.63 bits per heavy atom. The van der Waals surface area contributed by atoms with Gasteiger partial charge in [0.15, 0.2) is 5.82 Å². The summed E-state index contributed by atoms with van der Waals surface area (Å²) in [6.07, 6.45) is -0.0482. The van der Waals surface area contributed by atoms with Crippen molar-refractivity contribution in [3.8, 4) is 0 Å². The fourth-order valence-corrected chi connectivity index (χ4v) is 2.05. The molecule has 1 fully saturated rings. The molecular formula is C11H19N5O3. The van der Waals surface area contributed by atoms with Crippen molar-refractivity contribution >= 4 is 5.71 Å². The number of nitrogens with zero attached hydrogens (tertiary/aromatic N) is 4. The molecule has 2 unspecified atom stereocenters. The van der Waals surface area contributed by atoms with Crippen LogP contribution in [-0.4, -0.2) is 52.7 Å². The number of likely N-dealkylation sites (tertiary alicyclic amines) is 1. The molecule has 2 rings (SSSR count). The molecular weight excluding hydrogens is 250 g/mol. The van der Waals surface area contributed by atoms with Gasteiger partial charge in [-0.2, -0.15) is 4.98 Å². The Bertz CT molecular complexity index is 459. The van der Waals surface area contributed by atoms with Crippen LogP contribution < -0.4 is 5.73 Å². The molecule has 0 bridgehead atoms. The topological polar surface area (TPSA) is 110 Å². The van der Waals surface area contributed by atoms with Gasteiger partial charge in [-0.25, -0.2) is 0 Å². The predicted molar refractivity (Wildman–Crippen MR) is 67.3 cm³/mol. The van der Waals surface area contributed by atoms with Gasteiger partial charge in [0.05, 0.1) is 17.9 Å². The van der Waals surface area contributed by atoms with Gasteiger partial charge >= 0.3 is 0 Å². The van der Waals surface area contributed by atoms with Gasteiger partial charge in [0.25, 0.3) is 0 Å². The van der Waals surface area contributed by atoms with E-state index in [2.05, 4.69) is 20.2 Å². The number of aliphatic hydroxyl groups excluding tert-OH is 1. The Hall–Kier alpha value is -1.51. The van der Waals surface area contributed by atoms with E-state index in [0.29, 0.717) is 18.8 Å². The van der Waals surface area contributed by atoms with E-state index < -0.39 is 12.1 Å². The summed E-state index contributed by atoms with van der Waals surface area (Å²) in [6, 6.07) is -0.673. The first-order valence-electron chi connectivity index (χ1n) is 6.09. The highest BCUT2D eigenvalue weighted by atomic mass is 16.6. The summed E-state index contributed by atoms with van der Waals surface area (Å²) in [5.74, 6) is 0.797. The van der Waals surface area contributed by atoms with Crippen LogP contribution in [0.3, 0.4) is 0 Å². The fourth-order valence-electron chi connectivity index (χ4n) is 2.05. The first-order valence-corrected chi connectivity index (χ1v) is 6.09. The molecule has 1 aliphatic heterocycles. The third-order valence-electron chi connectivity index (χ3n) is 3.17. The standard InChI is InChI=1S/C11H19N5O3/c1-6(17)9(12)11-13-10(15-19-11)8-4-7(14-18-3)5-16(8)2/h6,8-9,17H,4-5,12H2,1-3H3/t6-,8?,9?/m1/s1. The van der Waals surface area contributed by atoms with E-state index in [4.69, 9.17) is 15.1 Å². The van der Waals surface area contributed by atoms with Crippen LogP contribution in [0.2, 0.25) is 0 Å². The molecule has 106 valence electrons. The van der Waals surface area contributed by atoms with Crippen LogP contribution in [-0.2, 0) is 4.84 Å². The summed E-state index contributed by atoms with van der Waals surface area (Å²) >= 11 is 0. The molecule has 0 spiro atoms. The van der Waals surface area contributed by atoms with Crippen molar-refractivity contribution in [3.05, 3.63) is 11.7 Å². The van der Waals surface area contributed by atoms with E-state index in [0.717, 1.165) is 5.71 Å². The molecule has 1 aromatic heterocycles. The number of nitrogens with two attached hydrogens (primary N) is 1. The van der Waals surface area contributed by atoms with E-state index in [9.17, 15) is 5.11 Å². The maximum Gasteiger partial charge on any atom is 0.246 e. The molecule has 8 nitrogen and oxygen atoms in total. The zero-order valence-electron chi connectivity index (χ0n) is 11.3. The molecule has 0 aromatic carbocycles. The lowest BCUT2D eigenvalue weighted by atomic mass is 10.2. The Morgan fingerprint density at radius 2 is 2.37 bits per heavy atom. The second-order valence-corrected chi connectivity index (χ2v) is 4.73. The van der Waals surface area contributed by atoms with Crippen molar-refractivity contribution < 1.29 is 14.5 Å². The Kier molecular flexibility index (Phi) is 4.13. The molecule has 3 N–H and O–H groups in total. The second kappa shape index (κ2) is 5.64. The van der Waals surface area contributed by atoms with Gasteiger partial charge in [0, 0.05) is 13.0 Å². The van der Waals surface area contributed by atoms with Crippen LogP contribution in [0.25, 0.3) is 0 Å². The van der Waals surface area contributed by atoms with Crippen molar-refractivity contribution in [2.24, 2.45) is 10.9 Å². The lowest BCUT2D eigenvalue weighted by Crippen LogP contribution is -2.24. The second-order valence-electron chi connectivity index (χ2n) is 4.73. The fraction of sp³-hybridized carbons (Fsp3) is 0.727. The molecule has 3 atom stereocenters. The summed E-state index contributed by atoms with van der Waals surface area (Å²) < 4.78 is 5.10. The average Bonchev–Trinajstić information content (AvgIpc) is 2.95. The van der Waals surface area contributed by atoms with E-state index in [1.807, 2.05) is 7.05 Å². The molecule has 1 aliphatic rings. The summed E-state index contributed by atoms with van der Waals surface area (Å²) in [4.78, 5) is 11.1. The largest absolute Gasteiger partial charge is 0.399 e. The SMILES string of the molecule is CON=C1CC(c2noc(C(N)[C@@H](C)O)n2)N(C)C1. The first-order chi connectivity index (χ1) is 9.02. The van der Waals surface area contributed by atoms with Crippen LogP contribution in [0, 0.1) is 0 Å². The van der Waals surface area contributed by atoms with Crippen molar-refractivity contribution in [3.63, 3.8) is 0 Å².